The molecule has 0 unspecified atom stereocenters. The lowest BCUT2D eigenvalue weighted by atomic mass is 9.98. The van der Waals surface area contributed by atoms with Gasteiger partial charge in [0.15, 0.2) is 5.43 Å². The fourth-order valence-corrected chi connectivity index (χ4v) is 3.54. The topological polar surface area (TPSA) is 36.1 Å². The van der Waals surface area contributed by atoms with Gasteiger partial charge in [-0.3, -0.25) is 9.69 Å². The molecule has 1 aromatic heterocycles. The maximum absolute atomic E-state index is 12.9. The van der Waals surface area contributed by atoms with Gasteiger partial charge >= 0.3 is 0 Å². The third-order valence-electron chi connectivity index (χ3n) is 5.02. The number of benzene rings is 1. The zero-order valence-corrected chi connectivity index (χ0v) is 14.1. The number of nitrogens with zero attached hydrogens (tertiary/aromatic N) is 1. The summed E-state index contributed by atoms with van der Waals surface area (Å²) in [4.78, 5) is 18.8. The molecule has 3 nitrogen and oxygen atoms in total. The van der Waals surface area contributed by atoms with Crippen molar-refractivity contribution < 1.29 is 0 Å². The van der Waals surface area contributed by atoms with Gasteiger partial charge in [0, 0.05) is 23.2 Å². The summed E-state index contributed by atoms with van der Waals surface area (Å²) in [6, 6.07) is 4.14. The second-order valence-electron chi connectivity index (χ2n) is 7.02. The van der Waals surface area contributed by atoms with Crippen molar-refractivity contribution in [3.05, 3.63) is 44.7 Å². The van der Waals surface area contributed by atoms with Crippen LogP contribution in [0.25, 0.3) is 10.9 Å². The average Bonchev–Trinajstić information content (AvgIpc) is 2.47. The summed E-state index contributed by atoms with van der Waals surface area (Å²) < 4.78 is 0. The van der Waals surface area contributed by atoms with Gasteiger partial charge in [0.2, 0.25) is 0 Å². The normalized spacial score (nSPS) is 17.3. The molecule has 1 fully saturated rings. The van der Waals surface area contributed by atoms with Crippen LogP contribution in [0, 0.1) is 26.7 Å². The number of rotatable bonds is 2. The summed E-state index contributed by atoms with van der Waals surface area (Å²) in [7, 11) is 0. The van der Waals surface area contributed by atoms with Crippen molar-refractivity contribution >= 4 is 10.9 Å². The van der Waals surface area contributed by atoms with E-state index in [0.29, 0.717) is 0 Å². The van der Waals surface area contributed by atoms with E-state index in [2.05, 4.69) is 36.7 Å². The first-order valence-electron chi connectivity index (χ1n) is 8.30. The van der Waals surface area contributed by atoms with Gasteiger partial charge in [0.05, 0.1) is 5.52 Å². The summed E-state index contributed by atoms with van der Waals surface area (Å²) in [5, 5.41) is 0.837. The lowest BCUT2D eigenvalue weighted by Gasteiger charge is -2.30. The number of aryl methyl sites for hydroxylation is 3. The summed E-state index contributed by atoms with van der Waals surface area (Å²) in [5.74, 6) is 0.817. The smallest absolute Gasteiger partial charge is 0.194 e. The van der Waals surface area contributed by atoms with Gasteiger partial charge in [-0.2, -0.15) is 0 Å². The van der Waals surface area contributed by atoms with Crippen LogP contribution in [0.3, 0.4) is 0 Å². The molecule has 0 amide bonds. The predicted molar refractivity (Wildman–Crippen MR) is 92.5 cm³/mol. The van der Waals surface area contributed by atoms with Crippen LogP contribution < -0.4 is 5.43 Å². The van der Waals surface area contributed by atoms with E-state index in [-0.39, 0.29) is 5.43 Å². The Morgan fingerprint density at radius 2 is 1.86 bits per heavy atom. The molecule has 0 saturated carbocycles. The second-order valence-corrected chi connectivity index (χ2v) is 7.02. The Hall–Kier alpha value is -1.61. The molecule has 2 aromatic rings. The Kier molecular flexibility index (Phi) is 4.09. The number of hydrogen-bond donors (Lipinski definition) is 1. The first-order valence-corrected chi connectivity index (χ1v) is 8.30. The predicted octanol–water partition coefficient (Wildman–Crippen LogP) is 3.69. The SMILES string of the molecule is Cc1cc(C)c2[nH]c(C)c(CN3CCC(C)CC3)c(=O)c2c1. The molecular formula is C19H26N2O. The summed E-state index contributed by atoms with van der Waals surface area (Å²) in [6.45, 7) is 11.4. The fraction of sp³-hybridized carbons (Fsp3) is 0.526. The highest BCUT2D eigenvalue weighted by atomic mass is 16.1. The summed E-state index contributed by atoms with van der Waals surface area (Å²) >= 11 is 0. The zero-order chi connectivity index (χ0) is 15.9. The molecule has 3 heteroatoms. The Morgan fingerprint density at radius 1 is 1.18 bits per heavy atom. The standard InChI is InChI=1S/C19H26N2O/c1-12-5-7-21(8-6-12)11-17-15(4)20-18-14(3)9-13(2)10-16(18)19(17)22/h9-10,12H,5-8,11H2,1-4H3,(H,20,22). The minimum Gasteiger partial charge on any atom is -0.358 e. The lowest BCUT2D eigenvalue weighted by molar-refractivity contribution is 0.184. The Balaban J connectivity index is 2.01. The third-order valence-corrected chi connectivity index (χ3v) is 5.02. The van der Waals surface area contributed by atoms with Crippen molar-refractivity contribution in [2.24, 2.45) is 5.92 Å². The lowest BCUT2D eigenvalue weighted by Crippen LogP contribution is -2.34. The molecule has 3 rings (SSSR count). The van der Waals surface area contributed by atoms with Crippen LogP contribution in [-0.4, -0.2) is 23.0 Å². The van der Waals surface area contributed by atoms with Gasteiger partial charge in [-0.05, 0) is 69.8 Å². The van der Waals surface area contributed by atoms with Crippen molar-refractivity contribution in [1.29, 1.82) is 0 Å². The van der Waals surface area contributed by atoms with Crippen molar-refractivity contribution in [1.82, 2.24) is 9.88 Å². The van der Waals surface area contributed by atoms with E-state index < -0.39 is 0 Å². The van der Waals surface area contributed by atoms with E-state index in [0.717, 1.165) is 58.8 Å². The van der Waals surface area contributed by atoms with E-state index in [1.165, 1.54) is 12.8 Å². The van der Waals surface area contributed by atoms with Crippen molar-refractivity contribution in [2.45, 2.75) is 47.1 Å². The highest BCUT2D eigenvalue weighted by Crippen LogP contribution is 2.21. The quantitative estimate of drug-likeness (QED) is 0.918. The number of aromatic amines is 1. The van der Waals surface area contributed by atoms with Crippen LogP contribution >= 0.6 is 0 Å². The number of H-pyrrole nitrogens is 1. The molecule has 0 spiro atoms. The molecule has 1 N–H and O–H groups in total. The molecule has 118 valence electrons. The second kappa shape index (κ2) is 5.88. The largest absolute Gasteiger partial charge is 0.358 e. The molecule has 1 aliphatic heterocycles. The van der Waals surface area contributed by atoms with Gasteiger partial charge in [-0.15, -0.1) is 0 Å². The van der Waals surface area contributed by atoms with Crippen LogP contribution in [0.1, 0.15) is 42.1 Å². The summed E-state index contributed by atoms with van der Waals surface area (Å²) in [6.07, 6.45) is 2.48. The minimum absolute atomic E-state index is 0.205. The number of aromatic nitrogens is 1. The zero-order valence-electron chi connectivity index (χ0n) is 14.1. The molecule has 0 bridgehead atoms. The maximum atomic E-state index is 12.9. The molecule has 1 aliphatic rings. The number of fused-ring (bicyclic) bond motifs is 1. The molecule has 1 aromatic carbocycles. The molecule has 0 atom stereocenters. The number of hydrogen-bond acceptors (Lipinski definition) is 2. The Morgan fingerprint density at radius 3 is 2.55 bits per heavy atom. The fourth-order valence-electron chi connectivity index (χ4n) is 3.54. The Bertz CT molecular complexity index is 752. The van der Waals surface area contributed by atoms with Crippen LogP contribution in [0.5, 0.6) is 0 Å². The minimum atomic E-state index is 0.205. The van der Waals surface area contributed by atoms with Gasteiger partial charge < -0.3 is 4.98 Å². The monoisotopic (exact) mass is 298 g/mol. The molecule has 22 heavy (non-hydrogen) atoms. The van der Waals surface area contributed by atoms with Gasteiger partial charge in [-0.1, -0.05) is 13.0 Å². The average molecular weight is 298 g/mol. The van der Waals surface area contributed by atoms with Crippen molar-refractivity contribution in [3.63, 3.8) is 0 Å². The van der Waals surface area contributed by atoms with Crippen LogP contribution in [0.15, 0.2) is 16.9 Å². The number of likely N-dealkylation sites (tertiary alicyclic amines) is 1. The third kappa shape index (κ3) is 2.82. The first kappa shape index (κ1) is 15.3. The van der Waals surface area contributed by atoms with E-state index in [4.69, 9.17) is 0 Å². The van der Waals surface area contributed by atoms with E-state index in [1.807, 2.05) is 13.0 Å². The molecule has 0 radical (unpaired) electrons. The number of nitrogens with one attached hydrogen (secondary N) is 1. The summed E-state index contributed by atoms with van der Waals surface area (Å²) in [5.41, 5.74) is 5.45. The highest BCUT2D eigenvalue weighted by molar-refractivity contribution is 5.83. The highest BCUT2D eigenvalue weighted by Gasteiger charge is 2.19. The maximum Gasteiger partial charge on any atom is 0.194 e. The Labute approximate surface area is 132 Å². The number of pyridine rings is 1. The van der Waals surface area contributed by atoms with E-state index in [9.17, 15) is 4.79 Å². The number of piperidine rings is 1. The molecule has 2 heterocycles. The first-order chi connectivity index (χ1) is 10.5. The van der Waals surface area contributed by atoms with Gasteiger partial charge in [-0.25, -0.2) is 0 Å². The molecule has 0 aliphatic carbocycles. The van der Waals surface area contributed by atoms with Gasteiger partial charge in [0.1, 0.15) is 0 Å². The van der Waals surface area contributed by atoms with Crippen LogP contribution in [-0.2, 0) is 6.54 Å². The molecule has 1 saturated heterocycles. The van der Waals surface area contributed by atoms with Crippen molar-refractivity contribution in [2.75, 3.05) is 13.1 Å². The van der Waals surface area contributed by atoms with E-state index >= 15 is 0 Å². The van der Waals surface area contributed by atoms with Gasteiger partial charge in [0.25, 0.3) is 0 Å². The van der Waals surface area contributed by atoms with Crippen LogP contribution in [0.2, 0.25) is 0 Å². The molecular weight excluding hydrogens is 272 g/mol. The van der Waals surface area contributed by atoms with E-state index in [1.54, 1.807) is 0 Å². The van der Waals surface area contributed by atoms with Crippen molar-refractivity contribution in [3.8, 4) is 0 Å². The van der Waals surface area contributed by atoms with Crippen LogP contribution in [0.4, 0.5) is 0 Å².